The lowest BCUT2D eigenvalue weighted by Gasteiger charge is -2.23. The molecule has 3 aromatic rings. The van der Waals surface area contributed by atoms with Crippen LogP contribution >= 0.6 is 34.5 Å². The predicted octanol–water partition coefficient (Wildman–Crippen LogP) is 5.67. The first-order valence-corrected chi connectivity index (χ1v) is 16.6. The van der Waals surface area contributed by atoms with Crippen LogP contribution in [0.25, 0.3) is 0 Å². The van der Waals surface area contributed by atoms with Crippen molar-refractivity contribution in [3.8, 4) is 5.75 Å². The molecule has 0 saturated heterocycles. The van der Waals surface area contributed by atoms with Gasteiger partial charge in [-0.15, -0.1) is 23.2 Å². The minimum Gasteiger partial charge on any atom is -0.382 e. The fraction of sp³-hybridized carbons (Fsp3) is 0.348. The van der Waals surface area contributed by atoms with Gasteiger partial charge in [-0.25, -0.2) is 13.4 Å². The maximum atomic E-state index is 13.4. The van der Waals surface area contributed by atoms with E-state index in [4.69, 9.17) is 27.4 Å². The van der Waals surface area contributed by atoms with Crippen LogP contribution in [-0.2, 0) is 26.1 Å². The molecule has 0 amide bonds. The quantitative estimate of drug-likeness (QED) is 0.0916. The van der Waals surface area contributed by atoms with Crippen molar-refractivity contribution >= 4 is 65.2 Å². The summed E-state index contributed by atoms with van der Waals surface area (Å²) in [5, 5.41) is 9.79. The van der Waals surface area contributed by atoms with Gasteiger partial charge in [0.25, 0.3) is 0 Å². The Kier molecular flexibility index (Phi) is 10.9. The van der Waals surface area contributed by atoms with Crippen LogP contribution in [0.3, 0.4) is 0 Å². The van der Waals surface area contributed by atoms with Crippen molar-refractivity contribution in [3.05, 3.63) is 75.3 Å². The van der Waals surface area contributed by atoms with Gasteiger partial charge in [-0.2, -0.15) is 21.6 Å². The van der Waals surface area contributed by atoms with E-state index in [0.717, 1.165) is 0 Å². The lowest BCUT2D eigenvalue weighted by atomic mass is 10.2. The molecule has 0 saturated carbocycles. The van der Waals surface area contributed by atoms with E-state index in [9.17, 15) is 40.1 Å². The van der Waals surface area contributed by atoms with Crippen LogP contribution in [0, 0.1) is 10.1 Å². The number of rotatable bonds is 14. The predicted molar refractivity (Wildman–Crippen MR) is 149 cm³/mol. The largest absolute Gasteiger partial charge is 0.417 e. The second-order valence-electron chi connectivity index (χ2n) is 8.35. The first-order valence-electron chi connectivity index (χ1n) is 11.6. The number of aromatic nitrogens is 1. The van der Waals surface area contributed by atoms with E-state index >= 15 is 0 Å². The smallest absolute Gasteiger partial charge is 0.382 e. The highest BCUT2D eigenvalue weighted by Gasteiger charge is 2.37. The number of nitrogens with zero attached hydrogens (tertiary/aromatic N) is 3. The number of halogens is 5. The van der Waals surface area contributed by atoms with Crippen LogP contribution in [0.1, 0.15) is 22.8 Å². The maximum absolute atomic E-state index is 13.4. The zero-order valence-electron chi connectivity index (χ0n) is 20.8. The summed E-state index contributed by atoms with van der Waals surface area (Å²) in [4.78, 5) is 16.0. The van der Waals surface area contributed by atoms with E-state index in [1.165, 1.54) is 23.6 Å². The van der Waals surface area contributed by atoms with Gasteiger partial charge >= 0.3 is 21.3 Å². The molecule has 10 nitrogen and oxygen atoms in total. The molecule has 0 fully saturated rings. The van der Waals surface area contributed by atoms with Crippen molar-refractivity contribution in [2.24, 2.45) is 0 Å². The van der Waals surface area contributed by atoms with Gasteiger partial charge in [0.1, 0.15) is 11.0 Å². The molecule has 0 N–H and O–H groups in total. The molecule has 1 unspecified atom stereocenters. The highest BCUT2D eigenvalue weighted by molar-refractivity contribution is 7.91. The minimum atomic E-state index is -4.74. The second-order valence-corrected chi connectivity index (χ2v) is 13.8. The van der Waals surface area contributed by atoms with Crippen molar-refractivity contribution in [2.45, 2.75) is 22.9 Å². The lowest BCUT2D eigenvalue weighted by molar-refractivity contribution is -0.380. The average molecular weight is 677 g/mol. The highest BCUT2D eigenvalue weighted by Crippen LogP contribution is 2.39. The Morgan fingerprint density at radius 1 is 1.02 bits per heavy atom. The third-order valence-electron chi connectivity index (χ3n) is 5.69. The van der Waals surface area contributed by atoms with E-state index in [1.807, 2.05) is 4.90 Å². The Morgan fingerprint density at radius 2 is 1.66 bits per heavy atom. The number of alkyl halides is 5. The molecule has 0 radical (unpaired) electrons. The molecule has 41 heavy (non-hydrogen) atoms. The first kappa shape index (κ1) is 32.8. The molecule has 0 spiro atoms. The van der Waals surface area contributed by atoms with Crippen LogP contribution in [0.15, 0.2) is 59.1 Å². The zero-order chi connectivity index (χ0) is 30.4. The average Bonchev–Trinajstić information content (AvgIpc) is 3.38. The SMILES string of the molecule is O=[N+]([O-])c1sccc1C(CCS(=O)(=O)c1ccc(C(F)(F)F)cn1)S(=O)(=O)Oc1ccc(N(CCCl)CCCl)cc1. The second kappa shape index (κ2) is 13.5. The number of thiophene rings is 1. The Morgan fingerprint density at radius 3 is 2.17 bits per heavy atom. The summed E-state index contributed by atoms with van der Waals surface area (Å²) in [6.45, 7) is 0.942. The number of nitro groups is 1. The summed E-state index contributed by atoms with van der Waals surface area (Å²) in [6.07, 6.45) is -5.10. The van der Waals surface area contributed by atoms with E-state index in [0.29, 0.717) is 60.2 Å². The van der Waals surface area contributed by atoms with E-state index < -0.39 is 64.1 Å². The zero-order valence-corrected chi connectivity index (χ0v) is 24.8. The lowest BCUT2D eigenvalue weighted by Crippen LogP contribution is -2.27. The fourth-order valence-electron chi connectivity index (χ4n) is 3.74. The summed E-state index contributed by atoms with van der Waals surface area (Å²) in [7, 11) is -9.12. The normalized spacial score (nSPS) is 13.1. The Balaban J connectivity index is 1.90. The van der Waals surface area contributed by atoms with E-state index in [2.05, 4.69) is 4.98 Å². The molecule has 2 heterocycles. The van der Waals surface area contributed by atoms with Crippen molar-refractivity contribution in [1.29, 1.82) is 0 Å². The summed E-state index contributed by atoms with van der Waals surface area (Å²) < 4.78 is 96.2. The number of hydrogen-bond donors (Lipinski definition) is 0. The molecule has 2 aromatic heterocycles. The first-order chi connectivity index (χ1) is 19.2. The summed E-state index contributed by atoms with van der Waals surface area (Å²) >= 11 is 12.3. The molecule has 224 valence electrons. The monoisotopic (exact) mass is 675 g/mol. The molecule has 1 aromatic carbocycles. The van der Waals surface area contributed by atoms with Gasteiger partial charge in [0.15, 0.2) is 14.9 Å². The number of sulfone groups is 1. The van der Waals surface area contributed by atoms with Crippen molar-refractivity contribution < 1.29 is 39.1 Å². The van der Waals surface area contributed by atoms with E-state index in [-0.39, 0.29) is 11.3 Å². The number of benzene rings is 1. The molecule has 0 aliphatic rings. The van der Waals surface area contributed by atoms with Crippen LogP contribution in [0.4, 0.5) is 23.9 Å². The van der Waals surface area contributed by atoms with Crippen LogP contribution in [-0.4, -0.2) is 57.3 Å². The van der Waals surface area contributed by atoms with Gasteiger partial charge in [-0.05, 0) is 54.3 Å². The molecule has 3 rings (SSSR count). The third kappa shape index (κ3) is 8.44. The standard InChI is InChI=1S/C23H22Cl2F3N3O7S3/c24-9-11-30(12-10-25)17-2-4-18(5-3-17)38-41(36,37)20(19-7-13-39-22(19)31(32)33)8-14-40(34,35)21-6-1-16(15-29-21)23(26,27)28/h1-7,13,15,20H,8-12,14H2. The summed E-state index contributed by atoms with van der Waals surface area (Å²) in [5.74, 6) is -0.415. The molecule has 0 aliphatic carbocycles. The van der Waals surface area contributed by atoms with Crippen LogP contribution < -0.4 is 9.08 Å². The summed E-state index contributed by atoms with van der Waals surface area (Å²) in [6, 6.07) is 8.20. The van der Waals surface area contributed by atoms with Gasteiger partial charge in [0.05, 0.1) is 21.8 Å². The van der Waals surface area contributed by atoms with Crippen molar-refractivity contribution in [3.63, 3.8) is 0 Å². The third-order valence-corrected chi connectivity index (χ3v) is 10.2. The van der Waals surface area contributed by atoms with Crippen LogP contribution in [0.5, 0.6) is 5.75 Å². The fourth-order valence-corrected chi connectivity index (χ4v) is 7.79. The van der Waals surface area contributed by atoms with E-state index in [1.54, 1.807) is 12.1 Å². The molecule has 0 aliphatic heterocycles. The highest BCUT2D eigenvalue weighted by atomic mass is 35.5. The number of hydrogen-bond acceptors (Lipinski definition) is 10. The molecular formula is C23H22Cl2F3N3O7S3. The topological polar surface area (TPSA) is 137 Å². The number of pyridine rings is 1. The number of anilines is 1. The van der Waals surface area contributed by atoms with Crippen molar-refractivity contribution in [2.75, 3.05) is 35.5 Å². The van der Waals surface area contributed by atoms with Crippen molar-refractivity contribution in [1.82, 2.24) is 4.98 Å². The summed E-state index contributed by atoms with van der Waals surface area (Å²) in [5.41, 5.74) is -0.780. The Hall–Kier alpha value is -2.66. The van der Waals surface area contributed by atoms with Gasteiger partial charge in [-0.1, -0.05) is 11.3 Å². The molecule has 18 heteroatoms. The van der Waals surface area contributed by atoms with Gasteiger partial charge < -0.3 is 9.08 Å². The molecular weight excluding hydrogens is 654 g/mol. The van der Waals surface area contributed by atoms with Gasteiger partial charge in [-0.3, -0.25) is 10.1 Å². The molecule has 0 bridgehead atoms. The van der Waals surface area contributed by atoms with Gasteiger partial charge in [0.2, 0.25) is 0 Å². The Bertz CT molecular complexity index is 1550. The Labute approximate surface area is 247 Å². The maximum Gasteiger partial charge on any atom is 0.417 e. The van der Waals surface area contributed by atoms with Gasteiger partial charge in [0, 0.05) is 36.7 Å². The molecule has 1 atom stereocenters. The van der Waals surface area contributed by atoms with Crippen LogP contribution in [0.2, 0.25) is 0 Å². The minimum absolute atomic E-state index is 0.138.